The zero-order chi connectivity index (χ0) is 24.8. The molecule has 2 heterocycles. The summed E-state index contributed by atoms with van der Waals surface area (Å²) in [5.74, 6) is 0.426. The number of hydrogen-bond donors (Lipinski definition) is 1. The summed E-state index contributed by atoms with van der Waals surface area (Å²) >= 11 is 12.3. The van der Waals surface area contributed by atoms with Gasteiger partial charge in [0.2, 0.25) is 0 Å². The summed E-state index contributed by atoms with van der Waals surface area (Å²) in [6, 6.07) is 13.5. The predicted molar refractivity (Wildman–Crippen MR) is 142 cm³/mol. The average molecular weight is 514 g/mol. The second-order valence-corrected chi connectivity index (χ2v) is 9.08. The highest BCUT2D eigenvalue weighted by molar-refractivity contribution is 6.35. The first-order valence-corrected chi connectivity index (χ1v) is 12.5. The van der Waals surface area contributed by atoms with Gasteiger partial charge in [0.1, 0.15) is 11.4 Å². The van der Waals surface area contributed by atoms with Crippen LogP contribution in [0.25, 0.3) is 11.4 Å². The average Bonchev–Trinajstić information content (AvgIpc) is 2.88. The number of carbonyl (C=O) groups excluding carboxylic acids is 1. The summed E-state index contributed by atoms with van der Waals surface area (Å²) in [4.78, 5) is 26.5. The van der Waals surface area contributed by atoms with Crippen LogP contribution in [0.15, 0.2) is 48.7 Å². The molecule has 0 amide bonds. The van der Waals surface area contributed by atoms with Crippen molar-refractivity contribution >= 4 is 40.7 Å². The molecule has 1 aliphatic rings. The van der Waals surface area contributed by atoms with Crippen LogP contribution in [-0.4, -0.2) is 60.2 Å². The highest BCUT2D eigenvalue weighted by Crippen LogP contribution is 2.26. The van der Waals surface area contributed by atoms with Gasteiger partial charge < -0.3 is 19.9 Å². The van der Waals surface area contributed by atoms with Crippen molar-refractivity contribution in [2.75, 3.05) is 49.5 Å². The number of nitrogens with one attached hydrogen (secondary N) is 1. The second kappa shape index (κ2) is 11.7. The molecular weight excluding hydrogens is 485 g/mol. The molecule has 1 N–H and O–H groups in total. The third-order valence-corrected chi connectivity index (χ3v) is 6.64. The molecule has 1 fully saturated rings. The molecule has 184 valence electrons. The minimum absolute atomic E-state index is 0.261. The maximum absolute atomic E-state index is 12.5. The van der Waals surface area contributed by atoms with Crippen LogP contribution < -0.4 is 10.2 Å². The van der Waals surface area contributed by atoms with Crippen molar-refractivity contribution in [2.45, 2.75) is 20.4 Å². The number of aromatic nitrogens is 2. The molecule has 2 aromatic carbocycles. The number of hydrogen-bond acceptors (Lipinski definition) is 7. The minimum Gasteiger partial charge on any atom is -0.462 e. The molecule has 0 atom stereocenters. The van der Waals surface area contributed by atoms with Crippen molar-refractivity contribution < 1.29 is 9.53 Å². The maximum Gasteiger partial charge on any atom is 0.343 e. The molecule has 0 aliphatic carbocycles. The molecule has 9 heteroatoms. The fourth-order valence-electron chi connectivity index (χ4n) is 4.00. The molecule has 0 saturated carbocycles. The lowest BCUT2D eigenvalue weighted by Crippen LogP contribution is -2.46. The van der Waals surface area contributed by atoms with Crippen LogP contribution in [0.5, 0.6) is 0 Å². The topological polar surface area (TPSA) is 70.6 Å². The zero-order valence-electron chi connectivity index (χ0n) is 19.9. The zero-order valence-corrected chi connectivity index (χ0v) is 21.4. The molecule has 0 spiro atoms. The molecule has 35 heavy (non-hydrogen) atoms. The van der Waals surface area contributed by atoms with Crippen molar-refractivity contribution in [3.05, 3.63) is 69.8 Å². The molecule has 0 bridgehead atoms. The first-order valence-electron chi connectivity index (χ1n) is 11.8. The lowest BCUT2D eigenvalue weighted by atomic mass is 10.1. The monoisotopic (exact) mass is 513 g/mol. The van der Waals surface area contributed by atoms with E-state index in [-0.39, 0.29) is 12.2 Å². The fourth-order valence-corrected chi connectivity index (χ4v) is 4.48. The van der Waals surface area contributed by atoms with Crippen LogP contribution >= 0.6 is 23.2 Å². The summed E-state index contributed by atoms with van der Waals surface area (Å²) in [6.45, 7) is 9.85. The van der Waals surface area contributed by atoms with E-state index >= 15 is 0 Å². The summed E-state index contributed by atoms with van der Waals surface area (Å²) in [6.07, 6.45) is 1.50. The molecule has 0 radical (unpaired) electrons. The van der Waals surface area contributed by atoms with Gasteiger partial charge in [0, 0.05) is 60.2 Å². The van der Waals surface area contributed by atoms with Crippen molar-refractivity contribution in [2.24, 2.45) is 0 Å². The molecule has 4 rings (SSSR count). The van der Waals surface area contributed by atoms with Gasteiger partial charge >= 0.3 is 5.97 Å². The summed E-state index contributed by atoms with van der Waals surface area (Å²) in [5, 5.41) is 4.32. The number of carbonyl (C=O) groups is 1. The van der Waals surface area contributed by atoms with Gasteiger partial charge in [0.25, 0.3) is 0 Å². The van der Waals surface area contributed by atoms with E-state index in [1.165, 1.54) is 11.9 Å². The van der Waals surface area contributed by atoms with E-state index in [1.807, 2.05) is 18.2 Å². The Labute approximate surface area is 216 Å². The quantitative estimate of drug-likeness (QED) is 0.405. The largest absolute Gasteiger partial charge is 0.462 e. The van der Waals surface area contributed by atoms with Gasteiger partial charge in [-0.3, -0.25) is 0 Å². The SMILES string of the molecule is CCOC(=O)c1cnc(-c2ccc(N3CCN(CC)CC3)cc2)nc1NCc1ccc(Cl)cc1Cl. The lowest BCUT2D eigenvalue weighted by Gasteiger charge is -2.35. The number of rotatable bonds is 8. The number of piperazine rings is 1. The number of benzene rings is 2. The van der Waals surface area contributed by atoms with Crippen molar-refractivity contribution in [1.29, 1.82) is 0 Å². The normalized spacial score (nSPS) is 14.1. The molecule has 1 saturated heterocycles. The van der Waals surface area contributed by atoms with E-state index in [0.29, 0.717) is 28.2 Å². The Morgan fingerprint density at radius 3 is 2.46 bits per heavy atom. The molecule has 0 unspecified atom stereocenters. The van der Waals surface area contributed by atoms with Gasteiger partial charge in [-0.05, 0) is 55.4 Å². The first-order chi connectivity index (χ1) is 17.0. The van der Waals surface area contributed by atoms with E-state index in [0.717, 1.165) is 43.9 Å². The van der Waals surface area contributed by atoms with E-state index < -0.39 is 5.97 Å². The Hall–Kier alpha value is -2.87. The van der Waals surface area contributed by atoms with Gasteiger partial charge in [-0.15, -0.1) is 0 Å². The van der Waals surface area contributed by atoms with Crippen molar-refractivity contribution in [1.82, 2.24) is 14.9 Å². The predicted octanol–water partition coefficient (Wildman–Crippen LogP) is 5.38. The Morgan fingerprint density at radius 2 is 1.80 bits per heavy atom. The highest BCUT2D eigenvalue weighted by Gasteiger charge is 2.18. The molecule has 1 aliphatic heterocycles. The van der Waals surface area contributed by atoms with Crippen LogP contribution in [-0.2, 0) is 11.3 Å². The number of ether oxygens (including phenoxy) is 1. The summed E-state index contributed by atoms with van der Waals surface area (Å²) < 4.78 is 5.19. The van der Waals surface area contributed by atoms with Crippen LogP contribution in [0, 0.1) is 0 Å². The number of esters is 1. The van der Waals surface area contributed by atoms with Gasteiger partial charge in [-0.25, -0.2) is 14.8 Å². The molecular formula is C26H29Cl2N5O2. The van der Waals surface area contributed by atoms with Gasteiger partial charge in [0.15, 0.2) is 5.82 Å². The van der Waals surface area contributed by atoms with E-state index in [2.05, 4.69) is 44.1 Å². The van der Waals surface area contributed by atoms with E-state index in [9.17, 15) is 4.79 Å². The Kier molecular flexibility index (Phi) is 8.44. The van der Waals surface area contributed by atoms with Crippen LogP contribution in [0.4, 0.5) is 11.5 Å². The third-order valence-electron chi connectivity index (χ3n) is 6.06. The molecule has 7 nitrogen and oxygen atoms in total. The third kappa shape index (κ3) is 6.23. The standard InChI is InChI=1S/C26H29Cl2N5O2/c1-3-32-11-13-33(14-12-32)21-9-6-18(7-10-21)24-30-17-22(26(34)35-4-2)25(31-24)29-16-19-5-8-20(27)15-23(19)28/h5-10,15,17H,3-4,11-14,16H2,1-2H3,(H,29,30,31). The van der Waals surface area contributed by atoms with Gasteiger partial charge in [-0.1, -0.05) is 36.2 Å². The number of anilines is 2. The molecule has 1 aromatic heterocycles. The van der Waals surface area contributed by atoms with Crippen LogP contribution in [0.1, 0.15) is 29.8 Å². The van der Waals surface area contributed by atoms with E-state index in [1.54, 1.807) is 19.1 Å². The van der Waals surface area contributed by atoms with Gasteiger partial charge in [0.05, 0.1) is 6.61 Å². The van der Waals surface area contributed by atoms with Crippen LogP contribution in [0.3, 0.4) is 0 Å². The fraction of sp³-hybridized carbons (Fsp3) is 0.346. The minimum atomic E-state index is -0.481. The summed E-state index contributed by atoms with van der Waals surface area (Å²) in [7, 11) is 0. The lowest BCUT2D eigenvalue weighted by molar-refractivity contribution is 0.0526. The Balaban J connectivity index is 1.55. The van der Waals surface area contributed by atoms with Crippen molar-refractivity contribution in [3.63, 3.8) is 0 Å². The van der Waals surface area contributed by atoms with Crippen LogP contribution in [0.2, 0.25) is 10.0 Å². The Bertz CT molecular complexity index is 1160. The first kappa shape index (κ1) is 25.2. The maximum atomic E-state index is 12.5. The number of likely N-dealkylation sites (N-methyl/N-ethyl adjacent to an activating group) is 1. The van der Waals surface area contributed by atoms with Crippen molar-refractivity contribution in [3.8, 4) is 11.4 Å². The second-order valence-electron chi connectivity index (χ2n) is 8.23. The number of halogens is 2. The smallest absolute Gasteiger partial charge is 0.343 e. The number of nitrogens with zero attached hydrogens (tertiary/aromatic N) is 4. The van der Waals surface area contributed by atoms with E-state index in [4.69, 9.17) is 27.9 Å². The van der Waals surface area contributed by atoms with Gasteiger partial charge in [-0.2, -0.15) is 0 Å². The highest BCUT2D eigenvalue weighted by atomic mass is 35.5. The Morgan fingerprint density at radius 1 is 1.06 bits per heavy atom. The molecule has 3 aromatic rings. The summed E-state index contributed by atoms with van der Waals surface area (Å²) in [5.41, 5.74) is 3.15.